The smallest absolute Gasteiger partial charge is 0.228 e. The molecule has 0 bridgehead atoms. The minimum absolute atomic E-state index is 0.0798. The number of nitrogens with zero attached hydrogens (tertiary/aromatic N) is 2. The third-order valence-corrected chi connectivity index (χ3v) is 5.46. The Kier molecular flexibility index (Phi) is 5.40. The van der Waals surface area contributed by atoms with Crippen molar-refractivity contribution in [2.45, 2.75) is 25.9 Å². The standard InChI is InChI=1S/C19H18Cl2N2O2/c1-12-5-2-3-6-13(12)18(22-25)14-9-10-23(19(14)24)11-15-16(20)7-4-8-17(15)21/h2-8,14,18H,9-11H2,1H3. The van der Waals surface area contributed by atoms with Gasteiger partial charge >= 0.3 is 0 Å². The molecule has 1 fully saturated rings. The van der Waals surface area contributed by atoms with Gasteiger partial charge < -0.3 is 4.90 Å². The van der Waals surface area contributed by atoms with Crippen molar-refractivity contribution in [3.05, 3.63) is 74.1 Å². The first-order chi connectivity index (χ1) is 12.0. The van der Waals surface area contributed by atoms with Crippen molar-refractivity contribution in [3.8, 4) is 0 Å². The normalized spacial score (nSPS) is 18.4. The molecule has 3 rings (SSSR count). The molecule has 0 N–H and O–H groups in total. The van der Waals surface area contributed by atoms with Gasteiger partial charge in [-0.15, -0.1) is 0 Å². The Morgan fingerprint density at radius 2 is 1.84 bits per heavy atom. The molecule has 0 aliphatic carbocycles. The van der Waals surface area contributed by atoms with E-state index < -0.39 is 12.0 Å². The zero-order chi connectivity index (χ0) is 18.0. The molecule has 1 aliphatic heterocycles. The maximum Gasteiger partial charge on any atom is 0.228 e. The third-order valence-electron chi connectivity index (χ3n) is 4.75. The Hall–Kier alpha value is -1.91. The van der Waals surface area contributed by atoms with E-state index in [0.717, 1.165) is 16.7 Å². The van der Waals surface area contributed by atoms with E-state index in [1.165, 1.54) is 0 Å². The average molecular weight is 377 g/mol. The fourth-order valence-electron chi connectivity index (χ4n) is 3.35. The number of likely N-dealkylation sites (tertiary alicyclic amines) is 1. The molecule has 1 aliphatic rings. The van der Waals surface area contributed by atoms with Crippen LogP contribution < -0.4 is 0 Å². The summed E-state index contributed by atoms with van der Waals surface area (Å²) in [5.41, 5.74) is 2.51. The molecule has 6 heteroatoms. The highest BCUT2D eigenvalue weighted by molar-refractivity contribution is 6.36. The van der Waals surface area contributed by atoms with E-state index in [2.05, 4.69) is 5.18 Å². The summed E-state index contributed by atoms with van der Waals surface area (Å²) in [5.74, 6) is -0.524. The highest BCUT2D eigenvalue weighted by Gasteiger charge is 2.39. The summed E-state index contributed by atoms with van der Waals surface area (Å²) in [7, 11) is 0. The lowest BCUT2D eigenvalue weighted by atomic mass is 9.90. The molecule has 130 valence electrons. The van der Waals surface area contributed by atoms with Gasteiger partial charge in [-0.05, 0) is 36.6 Å². The average Bonchev–Trinajstić information content (AvgIpc) is 2.94. The van der Waals surface area contributed by atoms with Crippen LogP contribution in [-0.2, 0) is 11.3 Å². The lowest BCUT2D eigenvalue weighted by molar-refractivity contribution is -0.132. The summed E-state index contributed by atoms with van der Waals surface area (Å²) >= 11 is 12.4. The van der Waals surface area contributed by atoms with Crippen molar-refractivity contribution in [1.29, 1.82) is 0 Å². The topological polar surface area (TPSA) is 49.7 Å². The number of rotatable bonds is 5. The molecule has 1 heterocycles. The Morgan fingerprint density at radius 3 is 2.48 bits per heavy atom. The second kappa shape index (κ2) is 7.54. The predicted molar refractivity (Wildman–Crippen MR) is 99.7 cm³/mol. The summed E-state index contributed by atoms with van der Waals surface area (Å²) in [6, 6.07) is 12.2. The van der Waals surface area contributed by atoms with Crippen LogP contribution in [0.3, 0.4) is 0 Å². The zero-order valence-corrected chi connectivity index (χ0v) is 15.3. The molecule has 0 saturated carbocycles. The van der Waals surface area contributed by atoms with Gasteiger partial charge in [0.05, 0.1) is 5.92 Å². The molecule has 2 aromatic rings. The van der Waals surface area contributed by atoms with Gasteiger partial charge in [0.2, 0.25) is 5.91 Å². The first-order valence-electron chi connectivity index (χ1n) is 8.12. The molecule has 4 nitrogen and oxygen atoms in total. The lowest BCUT2D eigenvalue weighted by Gasteiger charge is -2.21. The van der Waals surface area contributed by atoms with E-state index >= 15 is 0 Å². The van der Waals surface area contributed by atoms with Gasteiger partial charge in [0.15, 0.2) is 0 Å². The molecular formula is C19H18Cl2N2O2. The van der Waals surface area contributed by atoms with Crippen molar-refractivity contribution >= 4 is 29.1 Å². The molecule has 2 unspecified atom stereocenters. The molecule has 2 atom stereocenters. The number of carbonyl (C=O) groups excluding carboxylic acids is 1. The van der Waals surface area contributed by atoms with Crippen LogP contribution in [-0.4, -0.2) is 17.4 Å². The minimum atomic E-state index is -0.666. The third kappa shape index (κ3) is 3.55. The van der Waals surface area contributed by atoms with E-state index in [1.807, 2.05) is 31.2 Å². The number of amides is 1. The number of hydrogen-bond donors (Lipinski definition) is 0. The van der Waals surface area contributed by atoms with Crippen LogP contribution in [0.1, 0.15) is 29.2 Å². The second-order valence-corrected chi connectivity index (χ2v) is 7.08. The van der Waals surface area contributed by atoms with Crippen LogP contribution in [0.5, 0.6) is 0 Å². The second-order valence-electron chi connectivity index (χ2n) is 6.26. The van der Waals surface area contributed by atoms with Crippen molar-refractivity contribution in [3.63, 3.8) is 0 Å². The number of benzene rings is 2. The highest BCUT2D eigenvalue weighted by atomic mass is 35.5. The van der Waals surface area contributed by atoms with Gasteiger partial charge in [-0.2, -0.15) is 4.91 Å². The summed E-state index contributed by atoms with van der Waals surface area (Å²) < 4.78 is 0. The van der Waals surface area contributed by atoms with E-state index in [1.54, 1.807) is 23.1 Å². The van der Waals surface area contributed by atoms with E-state index in [0.29, 0.717) is 29.6 Å². The van der Waals surface area contributed by atoms with Gasteiger partial charge in [-0.25, -0.2) is 0 Å². The number of aryl methyl sites for hydroxylation is 1. The summed E-state index contributed by atoms with van der Waals surface area (Å²) in [5, 5.41) is 4.35. The molecule has 25 heavy (non-hydrogen) atoms. The van der Waals surface area contributed by atoms with Gasteiger partial charge in [0.1, 0.15) is 6.04 Å². The zero-order valence-electron chi connectivity index (χ0n) is 13.8. The van der Waals surface area contributed by atoms with Crippen molar-refractivity contribution in [2.24, 2.45) is 11.1 Å². The Balaban J connectivity index is 1.82. The predicted octanol–water partition coefficient (Wildman–Crippen LogP) is 5.16. The largest absolute Gasteiger partial charge is 0.338 e. The maximum atomic E-state index is 12.9. The Morgan fingerprint density at radius 1 is 1.16 bits per heavy atom. The van der Waals surface area contributed by atoms with Crippen molar-refractivity contribution in [2.75, 3.05) is 6.54 Å². The monoisotopic (exact) mass is 376 g/mol. The maximum absolute atomic E-state index is 12.9. The summed E-state index contributed by atoms with van der Waals surface area (Å²) in [6.45, 7) is 2.82. The molecule has 0 radical (unpaired) electrons. The van der Waals surface area contributed by atoms with Crippen LogP contribution in [0.15, 0.2) is 47.6 Å². The molecule has 1 amide bonds. The lowest BCUT2D eigenvalue weighted by Crippen LogP contribution is -2.29. The van der Waals surface area contributed by atoms with Gasteiger partial charge in [-0.1, -0.05) is 58.7 Å². The van der Waals surface area contributed by atoms with Crippen LogP contribution in [0, 0.1) is 17.7 Å². The number of carbonyl (C=O) groups is 1. The first-order valence-corrected chi connectivity index (χ1v) is 8.88. The van der Waals surface area contributed by atoms with E-state index in [-0.39, 0.29) is 5.91 Å². The number of hydrogen-bond acceptors (Lipinski definition) is 3. The van der Waals surface area contributed by atoms with Gasteiger partial charge in [0.25, 0.3) is 0 Å². The van der Waals surface area contributed by atoms with E-state index in [4.69, 9.17) is 23.2 Å². The molecule has 1 saturated heterocycles. The first kappa shape index (κ1) is 17.9. The molecular weight excluding hydrogens is 359 g/mol. The molecule has 0 spiro atoms. The molecule has 2 aromatic carbocycles. The SMILES string of the molecule is Cc1ccccc1C(N=O)C1CCN(Cc2c(Cl)cccc2Cl)C1=O. The van der Waals surface area contributed by atoms with Crippen LogP contribution in [0.4, 0.5) is 0 Å². The number of nitroso groups, excluding NO2 is 1. The van der Waals surface area contributed by atoms with Gasteiger partial charge in [-0.3, -0.25) is 4.79 Å². The quantitative estimate of drug-likeness (QED) is 0.676. The van der Waals surface area contributed by atoms with Gasteiger partial charge in [0, 0.05) is 28.7 Å². The summed E-state index contributed by atoms with van der Waals surface area (Å²) in [4.78, 5) is 26.1. The van der Waals surface area contributed by atoms with Crippen molar-refractivity contribution < 1.29 is 4.79 Å². The van der Waals surface area contributed by atoms with Crippen LogP contribution in [0.25, 0.3) is 0 Å². The fourth-order valence-corrected chi connectivity index (χ4v) is 3.87. The van der Waals surface area contributed by atoms with Crippen LogP contribution in [0.2, 0.25) is 10.0 Å². The highest BCUT2D eigenvalue weighted by Crippen LogP contribution is 2.37. The molecule has 0 aromatic heterocycles. The fraction of sp³-hybridized carbons (Fsp3) is 0.316. The summed E-state index contributed by atoms with van der Waals surface area (Å²) in [6.07, 6.45) is 0.589. The Labute approximate surface area is 156 Å². The minimum Gasteiger partial charge on any atom is -0.338 e. The van der Waals surface area contributed by atoms with Crippen LogP contribution >= 0.6 is 23.2 Å². The number of halogens is 2. The van der Waals surface area contributed by atoms with E-state index in [9.17, 15) is 9.70 Å². The Bertz CT molecular complexity index is 790. The van der Waals surface area contributed by atoms with Crippen molar-refractivity contribution in [1.82, 2.24) is 4.90 Å².